The molecule has 1 atom stereocenters. The average molecular weight is 372 g/mol. The summed E-state index contributed by atoms with van der Waals surface area (Å²) in [4.78, 5) is 16.5. The van der Waals surface area contributed by atoms with Crippen molar-refractivity contribution in [1.29, 1.82) is 0 Å². The largest absolute Gasteiger partial charge is 0.383 e. The van der Waals surface area contributed by atoms with Crippen LogP contribution in [0, 0.1) is 0 Å². The van der Waals surface area contributed by atoms with E-state index in [9.17, 15) is 4.79 Å². The van der Waals surface area contributed by atoms with E-state index in [1.807, 2.05) is 37.4 Å². The topological polar surface area (TPSA) is 91.4 Å². The van der Waals surface area contributed by atoms with Crippen molar-refractivity contribution in [3.63, 3.8) is 0 Å². The molecule has 144 valence electrons. The molecule has 8 heteroatoms. The zero-order valence-electron chi connectivity index (χ0n) is 15.8. The number of aryl methyl sites for hydroxylation is 1. The monoisotopic (exact) mass is 372 g/mol. The maximum absolute atomic E-state index is 12.3. The smallest absolute Gasteiger partial charge is 0.227 e. The summed E-state index contributed by atoms with van der Waals surface area (Å²) in [6, 6.07) is 7.90. The predicted molar refractivity (Wildman–Crippen MR) is 100 cm³/mol. The fourth-order valence-electron chi connectivity index (χ4n) is 2.73. The molecule has 0 radical (unpaired) electrons. The van der Waals surface area contributed by atoms with Crippen LogP contribution >= 0.6 is 0 Å². The van der Waals surface area contributed by atoms with Gasteiger partial charge in [-0.15, -0.1) is 0 Å². The van der Waals surface area contributed by atoms with Crippen LogP contribution in [-0.2, 0) is 27.2 Å². The fraction of sp³-hybridized carbons (Fsp3) is 0.421. The molecule has 1 aromatic carbocycles. The lowest BCUT2D eigenvalue weighted by atomic mass is 10.2. The quantitative estimate of drug-likeness (QED) is 0.621. The van der Waals surface area contributed by atoms with E-state index in [2.05, 4.69) is 20.0 Å². The number of nitrogens with zero attached hydrogens (tertiary/aromatic N) is 3. The Kier molecular flexibility index (Phi) is 6.20. The lowest BCUT2D eigenvalue weighted by molar-refractivity contribution is -0.116. The van der Waals surface area contributed by atoms with Crippen molar-refractivity contribution in [2.45, 2.75) is 32.4 Å². The van der Waals surface area contributed by atoms with Gasteiger partial charge < -0.3 is 23.9 Å². The maximum Gasteiger partial charge on any atom is 0.227 e. The molecule has 27 heavy (non-hydrogen) atoms. The highest BCUT2D eigenvalue weighted by Crippen LogP contribution is 2.21. The van der Waals surface area contributed by atoms with Crippen molar-refractivity contribution in [2.24, 2.45) is 0 Å². The Morgan fingerprint density at radius 1 is 1.33 bits per heavy atom. The van der Waals surface area contributed by atoms with Gasteiger partial charge in [0.1, 0.15) is 6.10 Å². The Balaban J connectivity index is 1.59. The third-order valence-electron chi connectivity index (χ3n) is 4.36. The van der Waals surface area contributed by atoms with E-state index < -0.39 is 0 Å². The van der Waals surface area contributed by atoms with Gasteiger partial charge in [0.05, 0.1) is 12.1 Å². The number of nitrogens with one attached hydrogen (secondary N) is 1. The molecule has 0 bridgehead atoms. The molecule has 0 fully saturated rings. The summed E-state index contributed by atoms with van der Waals surface area (Å²) >= 11 is 0. The minimum atomic E-state index is -0.239. The summed E-state index contributed by atoms with van der Waals surface area (Å²) in [6.45, 7) is 3.23. The zero-order valence-corrected chi connectivity index (χ0v) is 15.8. The van der Waals surface area contributed by atoms with Gasteiger partial charge in [-0.2, -0.15) is 4.98 Å². The number of carbonyl (C=O) groups excluding carboxylic acids is 1. The molecule has 0 aliphatic heterocycles. The van der Waals surface area contributed by atoms with Gasteiger partial charge in [0.15, 0.2) is 5.82 Å². The van der Waals surface area contributed by atoms with Gasteiger partial charge >= 0.3 is 0 Å². The molecule has 0 spiro atoms. The van der Waals surface area contributed by atoms with E-state index >= 15 is 0 Å². The van der Waals surface area contributed by atoms with Crippen molar-refractivity contribution in [2.75, 3.05) is 26.1 Å². The average Bonchev–Trinajstić information content (AvgIpc) is 3.31. The van der Waals surface area contributed by atoms with Gasteiger partial charge in [0, 0.05) is 45.5 Å². The third-order valence-corrected chi connectivity index (χ3v) is 4.36. The Labute approximate surface area is 157 Å². The van der Waals surface area contributed by atoms with Gasteiger partial charge in [-0.3, -0.25) is 4.79 Å². The van der Waals surface area contributed by atoms with Gasteiger partial charge in [-0.1, -0.05) is 11.2 Å². The summed E-state index contributed by atoms with van der Waals surface area (Å²) in [5, 5.41) is 7.90. The molecule has 0 saturated carbocycles. The first kappa shape index (κ1) is 19.1. The molecule has 2 heterocycles. The first-order chi connectivity index (χ1) is 13.1. The molecule has 1 N–H and O–H groups in total. The summed E-state index contributed by atoms with van der Waals surface area (Å²) in [6.07, 6.45) is 2.41. The number of anilines is 1. The molecule has 3 rings (SSSR count). The van der Waals surface area contributed by atoms with E-state index in [0.29, 0.717) is 24.7 Å². The Morgan fingerprint density at radius 2 is 2.19 bits per heavy atom. The van der Waals surface area contributed by atoms with E-state index in [0.717, 1.165) is 23.1 Å². The SMILES string of the molecule is COCCn1ccc2ccc(NC(=O)CCc3nc(C(C)OC)no3)cc21. The number of amides is 1. The zero-order chi connectivity index (χ0) is 19.2. The number of ether oxygens (including phenoxy) is 2. The number of hydrogen-bond donors (Lipinski definition) is 1. The molecule has 0 aliphatic carbocycles. The Morgan fingerprint density at radius 3 is 2.96 bits per heavy atom. The highest BCUT2D eigenvalue weighted by atomic mass is 16.5. The fourth-order valence-corrected chi connectivity index (χ4v) is 2.73. The molecular formula is C19H24N4O4. The molecule has 2 aromatic heterocycles. The Bertz CT molecular complexity index is 902. The van der Waals surface area contributed by atoms with E-state index in [1.54, 1.807) is 14.2 Å². The van der Waals surface area contributed by atoms with Crippen molar-refractivity contribution in [3.05, 3.63) is 42.2 Å². The van der Waals surface area contributed by atoms with Crippen LogP contribution < -0.4 is 5.32 Å². The molecular weight excluding hydrogens is 348 g/mol. The number of fused-ring (bicyclic) bond motifs is 1. The normalized spacial score (nSPS) is 12.4. The summed E-state index contributed by atoms with van der Waals surface area (Å²) in [7, 11) is 3.26. The lowest BCUT2D eigenvalue weighted by Gasteiger charge is -2.08. The number of hydrogen-bond acceptors (Lipinski definition) is 6. The van der Waals surface area contributed by atoms with E-state index in [-0.39, 0.29) is 18.4 Å². The maximum atomic E-state index is 12.3. The highest BCUT2D eigenvalue weighted by Gasteiger charge is 2.14. The number of methoxy groups -OCH3 is 2. The summed E-state index contributed by atoms with van der Waals surface area (Å²) in [5.41, 5.74) is 1.81. The number of benzene rings is 1. The number of aromatic nitrogens is 3. The third kappa shape index (κ3) is 4.72. The van der Waals surface area contributed by atoms with Crippen LogP contribution in [0.5, 0.6) is 0 Å². The first-order valence-corrected chi connectivity index (χ1v) is 8.83. The first-order valence-electron chi connectivity index (χ1n) is 8.83. The molecule has 1 unspecified atom stereocenters. The van der Waals surface area contributed by atoms with Crippen LogP contribution in [0.3, 0.4) is 0 Å². The second kappa shape index (κ2) is 8.79. The van der Waals surface area contributed by atoms with Crippen molar-refractivity contribution >= 4 is 22.5 Å². The molecule has 1 amide bonds. The van der Waals surface area contributed by atoms with Crippen molar-refractivity contribution < 1.29 is 18.8 Å². The molecule has 3 aromatic rings. The van der Waals surface area contributed by atoms with Gasteiger partial charge in [-0.05, 0) is 30.5 Å². The molecule has 0 aliphatic rings. The minimum absolute atomic E-state index is 0.108. The van der Waals surface area contributed by atoms with Gasteiger partial charge in [0.25, 0.3) is 0 Å². The van der Waals surface area contributed by atoms with Crippen LogP contribution in [0.25, 0.3) is 10.9 Å². The van der Waals surface area contributed by atoms with Crippen LogP contribution in [0.1, 0.15) is 31.2 Å². The van der Waals surface area contributed by atoms with Crippen LogP contribution in [0.2, 0.25) is 0 Å². The predicted octanol–water partition coefficient (Wildman–Crippen LogP) is 2.95. The minimum Gasteiger partial charge on any atom is -0.383 e. The number of carbonyl (C=O) groups is 1. The Hall–Kier alpha value is -2.71. The van der Waals surface area contributed by atoms with Crippen LogP contribution in [0.15, 0.2) is 35.0 Å². The van der Waals surface area contributed by atoms with E-state index in [4.69, 9.17) is 14.0 Å². The summed E-state index contributed by atoms with van der Waals surface area (Å²) < 4.78 is 17.5. The molecule has 8 nitrogen and oxygen atoms in total. The van der Waals surface area contributed by atoms with Gasteiger partial charge in [0.2, 0.25) is 11.8 Å². The molecule has 0 saturated heterocycles. The van der Waals surface area contributed by atoms with Gasteiger partial charge in [-0.25, -0.2) is 0 Å². The lowest BCUT2D eigenvalue weighted by Crippen LogP contribution is -2.12. The number of rotatable bonds is 9. The van der Waals surface area contributed by atoms with Crippen molar-refractivity contribution in [1.82, 2.24) is 14.7 Å². The highest BCUT2D eigenvalue weighted by molar-refractivity contribution is 5.93. The standard InChI is InChI=1S/C19H24N4O4/c1-13(26-3)19-21-18(27-22-19)7-6-17(24)20-15-5-4-14-8-9-23(10-11-25-2)16(14)12-15/h4-5,8-9,12-13H,6-7,10-11H2,1-3H3,(H,20,24). The van der Waals surface area contributed by atoms with E-state index in [1.165, 1.54) is 0 Å². The van der Waals surface area contributed by atoms with Crippen LogP contribution in [0.4, 0.5) is 5.69 Å². The second-order valence-corrected chi connectivity index (χ2v) is 6.25. The van der Waals surface area contributed by atoms with Crippen LogP contribution in [-0.4, -0.2) is 41.4 Å². The summed E-state index contributed by atoms with van der Waals surface area (Å²) in [5.74, 6) is 0.798. The van der Waals surface area contributed by atoms with Crippen molar-refractivity contribution in [3.8, 4) is 0 Å². The second-order valence-electron chi connectivity index (χ2n) is 6.25.